The first-order valence-electron chi connectivity index (χ1n) is 7.51. The van der Waals surface area contributed by atoms with E-state index in [1.165, 1.54) is 45.2 Å². The van der Waals surface area contributed by atoms with E-state index in [-0.39, 0.29) is 0 Å². The first kappa shape index (κ1) is 15.0. The molecule has 1 aliphatic heterocycles. The van der Waals surface area contributed by atoms with Crippen LogP contribution in [0.15, 0.2) is 0 Å². The fourth-order valence-corrected chi connectivity index (χ4v) is 3.36. The lowest BCUT2D eigenvalue weighted by atomic mass is 9.88. The highest BCUT2D eigenvalue weighted by atomic mass is 15.2. The van der Waals surface area contributed by atoms with E-state index in [1.54, 1.807) is 0 Å². The largest absolute Gasteiger partial charge is 0.314 e. The van der Waals surface area contributed by atoms with Crippen molar-refractivity contribution in [2.75, 3.05) is 13.1 Å². The average molecular weight is 240 g/mol. The predicted octanol–water partition coefficient (Wildman–Crippen LogP) is 3.42. The predicted molar refractivity (Wildman–Crippen MR) is 76.5 cm³/mol. The van der Waals surface area contributed by atoms with Crippen molar-refractivity contribution in [1.82, 2.24) is 10.2 Å². The van der Waals surface area contributed by atoms with Gasteiger partial charge in [0.2, 0.25) is 0 Å². The summed E-state index contributed by atoms with van der Waals surface area (Å²) < 4.78 is 0. The van der Waals surface area contributed by atoms with Crippen LogP contribution < -0.4 is 5.32 Å². The van der Waals surface area contributed by atoms with E-state index >= 15 is 0 Å². The van der Waals surface area contributed by atoms with Gasteiger partial charge in [0.05, 0.1) is 0 Å². The van der Waals surface area contributed by atoms with Gasteiger partial charge in [-0.3, -0.25) is 4.90 Å². The first-order chi connectivity index (χ1) is 8.01. The van der Waals surface area contributed by atoms with Crippen molar-refractivity contribution in [3.05, 3.63) is 0 Å². The van der Waals surface area contributed by atoms with Gasteiger partial charge in [0, 0.05) is 24.2 Å². The van der Waals surface area contributed by atoms with Crippen LogP contribution in [0.5, 0.6) is 0 Å². The Bertz CT molecular complexity index is 213. The summed E-state index contributed by atoms with van der Waals surface area (Å²) in [6, 6.07) is 1.47. The van der Waals surface area contributed by atoms with Crippen molar-refractivity contribution in [3.8, 4) is 0 Å². The number of nitrogens with zero attached hydrogens (tertiary/aromatic N) is 1. The molecule has 1 saturated heterocycles. The molecule has 1 fully saturated rings. The maximum Gasteiger partial charge on any atom is 0.0156 e. The van der Waals surface area contributed by atoms with Crippen LogP contribution in [0.4, 0.5) is 0 Å². The van der Waals surface area contributed by atoms with Gasteiger partial charge in [0.1, 0.15) is 0 Å². The molecule has 1 aliphatic rings. The maximum absolute atomic E-state index is 3.68. The third kappa shape index (κ3) is 4.26. The van der Waals surface area contributed by atoms with Gasteiger partial charge in [-0.15, -0.1) is 0 Å². The molecule has 17 heavy (non-hydrogen) atoms. The molecule has 2 heteroatoms. The van der Waals surface area contributed by atoms with Crippen molar-refractivity contribution in [2.45, 2.75) is 84.3 Å². The monoisotopic (exact) mass is 240 g/mol. The van der Waals surface area contributed by atoms with Gasteiger partial charge >= 0.3 is 0 Å². The Kier molecular flexibility index (Phi) is 5.94. The summed E-state index contributed by atoms with van der Waals surface area (Å²) in [5, 5.41) is 3.68. The second-order valence-corrected chi connectivity index (χ2v) is 6.28. The van der Waals surface area contributed by atoms with Gasteiger partial charge in [-0.05, 0) is 53.0 Å². The minimum Gasteiger partial charge on any atom is -0.314 e. The summed E-state index contributed by atoms with van der Waals surface area (Å²) >= 11 is 0. The number of rotatable bonds is 6. The fourth-order valence-electron chi connectivity index (χ4n) is 3.36. The molecule has 1 rings (SSSR count). The average Bonchev–Trinajstić information content (AvgIpc) is 2.26. The van der Waals surface area contributed by atoms with Crippen LogP contribution in [0.2, 0.25) is 0 Å². The van der Waals surface area contributed by atoms with Crippen molar-refractivity contribution in [1.29, 1.82) is 0 Å². The summed E-state index contributed by atoms with van der Waals surface area (Å²) in [5.41, 5.74) is 0.379. The van der Waals surface area contributed by atoms with Gasteiger partial charge in [0.15, 0.2) is 0 Å². The van der Waals surface area contributed by atoms with Crippen LogP contribution in [0.1, 0.15) is 66.7 Å². The highest BCUT2D eigenvalue weighted by molar-refractivity contribution is 4.91. The van der Waals surface area contributed by atoms with Gasteiger partial charge in [0.25, 0.3) is 0 Å². The number of hydrogen-bond acceptors (Lipinski definition) is 2. The van der Waals surface area contributed by atoms with E-state index in [9.17, 15) is 0 Å². The Morgan fingerprint density at radius 2 is 1.94 bits per heavy atom. The fraction of sp³-hybridized carbons (Fsp3) is 1.00. The standard InChI is InChI=1S/C15H32N2/c1-6-9-15(4,5)17-11-8-14(12-13(17)3)16-10-7-2/h13-14,16H,6-12H2,1-5H3. The van der Waals surface area contributed by atoms with Crippen LogP contribution in [0.3, 0.4) is 0 Å². The molecule has 1 heterocycles. The second kappa shape index (κ2) is 6.75. The van der Waals surface area contributed by atoms with E-state index in [0.717, 1.165) is 12.1 Å². The topological polar surface area (TPSA) is 15.3 Å². The van der Waals surface area contributed by atoms with Crippen LogP contribution in [0.25, 0.3) is 0 Å². The molecule has 0 aromatic carbocycles. The highest BCUT2D eigenvalue weighted by Crippen LogP contribution is 2.29. The number of likely N-dealkylation sites (tertiary alicyclic amines) is 1. The molecular formula is C15H32N2. The molecule has 2 atom stereocenters. The smallest absolute Gasteiger partial charge is 0.0156 e. The van der Waals surface area contributed by atoms with E-state index in [4.69, 9.17) is 0 Å². The van der Waals surface area contributed by atoms with Crippen molar-refractivity contribution < 1.29 is 0 Å². The van der Waals surface area contributed by atoms with Crippen molar-refractivity contribution >= 4 is 0 Å². The van der Waals surface area contributed by atoms with Gasteiger partial charge in [-0.1, -0.05) is 20.3 Å². The molecule has 0 aromatic heterocycles. The number of nitrogens with one attached hydrogen (secondary N) is 1. The molecule has 0 spiro atoms. The highest BCUT2D eigenvalue weighted by Gasteiger charge is 2.34. The lowest BCUT2D eigenvalue weighted by molar-refractivity contribution is 0.0309. The number of hydrogen-bond donors (Lipinski definition) is 1. The Hall–Kier alpha value is -0.0800. The molecule has 102 valence electrons. The van der Waals surface area contributed by atoms with E-state index in [2.05, 4.69) is 44.8 Å². The second-order valence-electron chi connectivity index (χ2n) is 6.28. The molecule has 0 amide bonds. The molecule has 0 aromatic rings. The Morgan fingerprint density at radius 3 is 2.47 bits per heavy atom. The van der Waals surface area contributed by atoms with E-state index < -0.39 is 0 Å². The summed E-state index contributed by atoms with van der Waals surface area (Å²) in [5.74, 6) is 0. The Balaban J connectivity index is 2.47. The Labute approximate surface area is 108 Å². The summed E-state index contributed by atoms with van der Waals surface area (Å²) in [4.78, 5) is 2.72. The molecule has 2 unspecified atom stereocenters. The molecular weight excluding hydrogens is 208 g/mol. The molecule has 0 saturated carbocycles. The molecule has 0 bridgehead atoms. The van der Waals surface area contributed by atoms with E-state index in [0.29, 0.717) is 5.54 Å². The molecule has 2 nitrogen and oxygen atoms in total. The van der Waals surface area contributed by atoms with Crippen LogP contribution in [0, 0.1) is 0 Å². The third-order valence-corrected chi connectivity index (χ3v) is 4.20. The molecule has 0 aliphatic carbocycles. The van der Waals surface area contributed by atoms with Gasteiger partial charge < -0.3 is 5.32 Å². The van der Waals surface area contributed by atoms with Gasteiger partial charge in [-0.25, -0.2) is 0 Å². The number of piperidine rings is 1. The zero-order valence-electron chi connectivity index (χ0n) is 12.6. The minimum absolute atomic E-state index is 0.379. The first-order valence-corrected chi connectivity index (χ1v) is 7.51. The van der Waals surface area contributed by atoms with Crippen molar-refractivity contribution in [2.24, 2.45) is 0 Å². The van der Waals surface area contributed by atoms with Crippen LogP contribution >= 0.6 is 0 Å². The normalized spacial score (nSPS) is 27.4. The van der Waals surface area contributed by atoms with Crippen LogP contribution in [-0.4, -0.2) is 35.6 Å². The summed E-state index contributed by atoms with van der Waals surface area (Å²) in [6.45, 7) is 14.2. The third-order valence-electron chi connectivity index (χ3n) is 4.20. The summed E-state index contributed by atoms with van der Waals surface area (Å²) in [6.07, 6.45) is 6.47. The maximum atomic E-state index is 3.68. The summed E-state index contributed by atoms with van der Waals surface area (Å²) in [7, 11) is 0. The Morgan fingerprint density at radius 1 is 1.24 bits per heavy atom. The molecule has 0 radical (unpaired) electrons. The minimum atomic E-state index is 0.379. The quantitative estimate of drug-likeness (QED) is 0.765. The zero-order chi connectivity index (χ0) is 12.9. The van der Waals surface area contributed by atoms with Crippen molar-refractivity contribution in [3.63, 3.8) is 0 Å². The van der Waals surface area contributed by atoms with Crippen LogP contribution in [-0.2, 0) is 0 Å². The lowest BCUT2D eigenvalue weighted by Crippen LogP contribution is -2.55. The zero-order valence-corrected chi connectivity index (χ0v) is 12.6. The lowest BCUT2D eigenvalue weighted by Gasteiger charge is -2.47. The van der Waals surface area contributed by atoms with Gasteiger partial charge in [-0.2, -0.15) is 0 Å². The molecule has 1 N–H and O–H groups in total. The van der Waals surface area contributed by atoms with E-state index in [1.807, 2.05) is 0 Å². The SMILES string of the molecule is CCCNC1CCN(C(C)(C)CCC)C(C)C1.